The predicted molar refractivity (Wildman–Crippen MR) is 57.3 cm³/mol. The lowest BCUT2D eigenvalue weighted by Crippen LogP contribution is -2.21. The summed E-state index contributed by atoms with van der Waals surface area (Å²) >= 11 is 0. The van der Waals surface area contributed by atoms with Gasteiger partial charge in [-0.25, -0.2) is 4.79 Å². The van der Waals surface area contributed by atoms with Gasteiger partial charge in [0.15, 0.2) is 5.69 Å². The number of aromatic carboxylic acids is 1. The molecular weight excluding hydrogens is 208 g/mol. The summed E-state index contributed by atoms with van der Waals surface area (Å²) in [5.74, 6) is -1.02. The zero-order valence-electron chi connectivity index (χ0n) is 9.17. The zero-order chi connectivity index (χ0) is 11.4. The van der Waals surface area contributed by atoms with Crippen LogP contribution in [0.25, 0.3) is 0 Å². The topological polar surface area (TPSA) is 71.2 Å². The highest BCUT2D eigenvalue weighted by molar-refractivity contribution is 5.84. The number of hydrogen-bond acceptors (Lipinski definition) is 4. The normalized spacial score (nSPS) is 16.8. The van der Waals surface area contributed by atoms with E-state index in [2.05, 4.69) is 15.2 Å². The first kappa shape index (κ1) is 11.1. The molecule has 0 unspecified atom stereocenters. The van der Waals surface area contributed by atoms with Crippen molar-refractivity contribution in [3.8, 4) is 0 Å². The van der Waals surface area contributed by atoms with Crippen LogP contribution in [0.4, 0.5) is 0 Å². The van der Waals surface area contributed by atoms with E-state index in [9.17, 15) is 4.79 Å². The molecule has 1 fully saturated rings. The zero-order valence-corrected chi connectivity index (χ0v) is 9.17. The molecule has 1 aliphatic heterocycles. The Morgan fingerprint density at radius 1 is 1.38 bits per heavy atom. The van der Waals surface area contributed by atoms with Gasteiger partial charge >= 0.3 is 5.97 Å². The summed E-state index contributed by atoms with van der Waals surface area (Å²) in [4.78, 5) is 13.0. The third kappa shape index (κ3) is 2.79. The van der Waals surface area contributed by atoms with Gasteiger partial charge in [0, 0.05) is 6.54 Å². The minimum absolute atomic E-state index is 0.0150. The summed E-state index contributed by atoms with van der Waals surface area (Å²) in [5.41, 5.74) is 0.0150. The van der Waals surface area contributed by atoms with Crippen LogP contribution in [0.1, 0.15) is 29.8 Å². The average Bonchev–Trinajstić information content (AvgIpc) is 2.87. The molecule has 1 aromatic heterocycles. The third-order valence-corrected chi connectivity index (χ3v) is 2.82. The van der Waals surface area contributed by atoms with Gasteiger partial charge in [-0.15, -0.1) is 5.10 Å². The molecule has 0 amide bonds. The van der Waals surface area contributed by atoms with Crippen LogP contribution in [0.15, 0.2) is 6.20 Å². The first-order valence-electron chi connectivity index (χ1n) is 5.61. The number of carboxylic acids is 1. The maximum Gasteiger partial charge on any atom is 0.358 e. The number of hydrogen-bond donors (Lipinski definition) is 1. The molecule has 0 radical (unpaired) electrons. The van der Waals surface area contributed by atoms with Crippen molar-refractivity contribution in [3.63, 3.8) is 0 Å². The molecule has 2 rings (SSSR count). The molecule has 2 heterocycles. The Balaban J connectivity index is 1.74. The maximum absolute atomic E-state index is 10.6. The highest BCUT2D eigenvalue weighted by atomic mass is 16.4. The van der Waals surface area contributed by atoms with E-state index in [0.29, 0.717) is 0 Å². The van der Waals surface area contributed by atoms with Crippen molar-refractivity contribution < 1.29 is 9.90 Å². The molecule has 6 nitrogen and oxygen atoms in total. The first-order chi connectivity index (χ1) is 7.75. The lowest BCUT2D eigenvalue weighted by Gasteiger charge is -2.13. The highest BCUT2D eigenvalue weighted by Crippen LogP contribution is 2.07. The number of likely N-dealkylation sites (tertiary alicyclic amines) is 1. The number of carboxylic acid groups (broad SMARTS) is 1. The van der Waals surface area contributed by atoms with Crippen LogP contribution < -0.4 is 0 Å². The fraction of sp³-hybridized carbons (Fsp3) is 0.700. The Bertz CT molecular complexity index is 357. The minimum Gasteiger partial charge on any atom is -0.476 e. The standard InChI is InChI=1S/C10H16N4O2/c15-10(16)9-8-14(12-11-9)7-3-6-13-4-1-2-5-13/h8H,1-7H2,(H,15,16). The van der Waals surface area contributed by atoms with Crippen LogP contribution >= 0.6 is 0 Å². The van der Waals surface area contributed by atoms with E-state index in [1.807, 2.05) is 0 Å². The van der Waals surface area contributed by atoms with Gasteiger partial charge in [-0.3, -0.25) is 4.68 Å². The molecule has 6 heteroatoms. The molecule has 1 aliphatic rings. The lowest BCUT2D eigenvalue weighted by atomic mass is 10.4. The van der Waals surface area contributed by atoms with E-state index in [1.54, 1.807) is 4.68 Å². The molecule has 88 valence electrons. The second kappa shape index (κ2) is 5.07. The van der Waals surface area contributed by atoms with Gasteiger partial charge in [-0.2, -0.15) is 0 Å². The Hall–Kier alpha value is -1.43. The van der Waals surface area contributed by atoms with Crippen LogP contribution in [0, 0.1) is 0 Å². The Labute approximate surface area is 93.9 Å². The number of carbonyl (C=O) groups is 1. The van der Waals surface area contributed by atoms with Gasteiger partial charge in [0.25, 0.3) is 0 Å². The fourth-order valence-corrected chi connectivity index (χ4v) is 1.97. The van der Waals surface area contributed by atoms with Crippen molar-refractivity contribution in [3.05, 3.63) is 11.9 Å². The van der Waals surface area contributed by atoms with Crippen LogP contribution in [0.3, 0.4) is 0 Å². The molecule has 1 aromatic rings. The van der Waals surface area contributed by atoms with Crippen molar-refractivity contribution in [1.82, 2.24) is 19.9 Å². The predicted octanol–water partition coefficient (Wildman–Crippen LogP) is 0.462. The minimum atomic E-state index is -1.02. The van der Waals surface area contributed by atoms with Crippen molar-refractivity contribution in [1.29, 1.82) is 0 Å². The van der Waals surface area contributed by atoms with Crippen molar-refractivity contribution in [2.75, 3.05) is 19.6 Å². The molecule has 0 bridgehead atoms. The highest BCUT2D eigenvalue weighted by Gasteiger charge is 2.11. The second-order valence-corrected chi connectivity index (χ2v) is 4.07. The Morgan fingerprint density at radius 3 is 2.75 bits per heavy atom. The van der Waals surface area contributed by atoms with Crippen LogP contribution in [-0.4, -0.2) is 50.6 Å². The molecule has 0 saturated carbocycles. The SMILES string of the molecule is O=C(O)c1cn(CCCN2CCCC2)nn1. The van der Waals surface area contributed by atoms with Crippen molar-refractivity contribution in [2.45, 2.75) is 25.8 Å². The Kier molecular flexibility index (Phi) is 3.51. The quantitative estimate of drug-likeness (QED) is 0.786. The smallest absolute Gasteiger partial charge is 0.358 e. The van der Waals surface area contributed by atoms with E-state index >= 15 is 0 Å². The molecule has 16 heavy (non-hydrogen) atoms. The van der Waals surface area contributed by atoms with E-state index in [-0.39, 0.29) is 5.69 Å². The molecule has 0 atom stereocenters. The monoisotopic (exact) mass is 224 g/mol. The van der Waals surface area contributed by atoms with Crippen LogP contribution in [0.5, 0.6) is 0 Å². The number of aromatic nitrogens is 3. The summed E-state index contributed by atoms with van der Waals surface area (Å²) < 4.78 is 1.60. The summed E-state index contributed by atoms with van der Waals surface area (Å²) in [5, 5.41) is 16.0. The first-order valence-corrected chi connectivity index (χ1v) is 5.61. The molecule has 1 saturated heterocycles. The number of nitrogens with zero attached hydrogens (tertiary/aromatic N) is 4. The maximum atomic E-state index is 10.6. The second-order valence-electron chi connectivity index (χ2n) is 4.07. The van der Waals surface area contributed by atoms with E-state index in [1.165, 1.54) is 32.1 Å². The van der Waals surface area contributed by atoms with E-state index in [0.717, 1.165) is 19.5 Å². The Morgan fingerprint density at radius 2 is 2.12 bits per heavy atom. The fourth-order valence-electron chi connectivity index (χ4n) is 1.97. The summed E-state index contributed by atoms with van der Waals surface area (Å²) in [6, 6.07) is 0. The summed E-state index contributed by atoms with van der Waals surface area (Å²) in [7, 11) is 0. The van der Waals surface area contributed by atoms with Crippen LogP contribution in [0.2, 0.25) is 0 Å². The van der Waals surface area contributed by atoms with Gasteiger partial charge in [0.05, 0.1) is 6.20 Å². The molecule has 0 aliphatic carbocycles. The largest absolute Gasteiger partial charge is 0.476 e. The molecule has 1 N–H and O–H groups in total. The van der Waals surface area contributed by atoms with Gasteiger partial charge in [0.2, 0.25) is 0 Å². The molecule has 0 spiro atoms. The van der Waals surface area contributed by atoms with Crippen LogP contribution in [-0.2, 0) is 6.54 Å². The third-order valence-electron chi connectivity index (χ3n) is 2.82. The average molecular weight is 224 g/mol. The van der Waals surface area contributed by atoms with Gasteiger partial charge in [-0.05, 0) is 38.9 Å². The van der Waals surface area contributed by atoms with Gasteiger partial charge in [-0.1, -0.05) is 5.21 Å². The van der Waals surface area contributed by atoms with Crippen molar-refractivity contribution >= 4 is 5.97 Å². The van der Waals surface area contributed by atoms with Gasteiger partial charge in [0.1, 0.15) is 0 Å². The van der Waals surface area contributed by atoms with E-state index < -0.39 is 5.97 Å². The van der Waals surface area contributed by atoms with Gasteiger partial charge < -0.3 is 10.0 Å². The number of aryl methyl sites for hydroxylation is 1. The summed E-state index contributed by atoms with van der Waals surface area (Å²) in [6.07, 6.45) is 5.06. The number of rotatable bonds is 5. The lowest BCUT2D eigenvalue weighted by molar-refractivity contribution is 0.0690. The molecule has 0 aromatic carbocycles. The molecular formula is C10H16N4O2. The summed E-state index contributed by atoms with van der Waals surface area (Å²) in [6.45, 7) is 4.18. The van der Waals surface area contributed by atoms with E-state index in [4.69, 9.17) is 5.11 Å². The van der Waals surface area contributed by atoms with Crippen molar-refractivity contribution in [2.24, 2.45) is 0 Å².